The molecule has 0 saturated heterocycles. The van der Waals surface area contributed by atoms with Gasteiger partial charge in [-0.1, -0.05) is 0 Å². The molecule has 0 amide bonds. The molecule has 64 valence electrons. The topological polar surface area (TPSA) is 44.2 Å². The predicted octanol–water partition coefficient (Wildman–Crippen LogP) is 0.865. The van der Waals surface area contributed by atoms with E-state index in [1.54, 1.807) is 0 Å². The Kier molecular flexibility index (Phi) is 1.60. The van der Waals surface area contributed by atoms with Crippen molar-refractivity contribution in [3.8, 4) is 11.6 Å². The fourth-order valence-electron chi connectivity index (χ4n) is 1.22. The summed E-state index contributed by atoms with van der Waals surface area (Å²) in [7, 11) is 0. The van der Waals surface area contributed by atoms with Crippen molar-refractivity contribution in [2.24, 2.45) is 0 Å². The Morgan fingerprint density at radius 1 is 1.08 bits per heavy atom. The molecule has 0 saturated carbocycles. The Balaban J connectivity index is 2.53. The van der Waals surface area contributed by atoms with Gasteiger partial charge in [-0.25, -0.2) is 4.98 Å². The number of nitrogens with zero attached hydrogens (tertiary/aromatic N) is 2. The molecule has 0 atom stereocenters. The zero-order chi connectivity index (χ0) is 8.55. The molecule has 1 aromatic heterocycles. The van der Waals surface area contributed by atoms with Crippen molar-refractivity contribution in [2.45, 2.75) is 13.8 Å². The van der Waals surface area contributed by atoms with Crippen LogP contribution in [0.15, 0.2) is 0 Å². The standard InChI is InChI=1S/C8H10N2O2/c1-5-7-8(10-6(2)9-5)12-4-3-11-7/h3-4H2,1-2H3. The number of ether oxygens (including phenoxy) is 2. The van der Waals surface area contributed by atoms with E-state index in [1.807, 2.05) is 13.8 Å². The second-order valence-electron chi connectivity index (χ2n) is 2.69. The largest absolute Gasteiger partial charge is 0.483 e. The molecule has 1 aliphatic heterocycles. The molecule has 0 unspecified atom stereocenters. The van der Waals surface area contributed by atoms with Crippen LogP contribution in [0.2, 0.25) is 0 Å². The molecule has 12 heavy (non-hydrogen) atoms. The average molecular weight is 166 g/mol. The van der Waals surface area contributed by atoms with Gasteiger partial charge in [-0.15, -0.1) is 0 Å². The van der Waals surface area contributed by atoms with Gasteiger partial charge in [-0.3, -0.25) is 0 Å². The molecule has 0 bridgehead atoms. The third-order valence-electron chi connectivity index (χ3n) is 1.68. The van der Waals surface area contributed by atoms with Crippen molar-refractivity contribution in [2.75, 3.05) is 13.2 Å². The summed E-state index contributed by atoms with van der Waals surface area (Å²) < 4.78 is 10.7. The summed E-state index contributed by atoms with van der Waals surface area (Å²) in [6, 6.07) is 0. The van der Waals surface area contributed by atoms with Gasteiger partial charge >= 0.3 is 0 Å². The summed E-state index contributed by atoms with van der Waals surface area (Å²) >= 11 is 0. The molecular weight excluding hydrogens is 156 g/mol. The number of hydrogen-bond donors (Lipinski definition) is 0. The summed E-state index contributed by atoms with van der Waals surface area (Å²) in [5, 5.41) is 0. The smallest absolute Gasteiger partial charge is 0.260 e. The maximum absolute atomic E-state index is 5.36. The molecule has 0 spiro atoms. The first-order chi connectivity index (χ1) is 5.77. The van der Waals surface area contributed by atoms with Crippen molar-refractivity contribution in [1.82, 2.24) is 9.97 Å². The first-order valence-corrected chi connectivity index (χ1v) is 3.88. The molecule has 0 aliphatic carbocycles. The van der Waals surface area contributed by atoms with Crippen molar-refractivity contribution in [1.29, 1.82) is 0 Å². The summed E-state index contributed by atoms with van der Waals surface area (Å²) in [6.45, 7) is 4.89. The van der Waals surface area contributed by atoms with E-state index in [9.17, 15) is 0 Å². The fraction of sp³-hybridized carbons (Fsp3) is 0.500. The van der Waals surface area contributed by atoms with Gasteiger partial charge in [-0.05, 0) is 13.8 Å². The van der Waals surface area contributed by atoms with Crippen LogP contribution in [0.25, 0.3) is 0 Å². The lowest BCUT2D eigenvalue weighted by Gasteiger charge is -2.18. The molecule has 2 heterocycles. The average Bonchev–Trinajstić information content (AvgIpc) is 2.04. The van der Waals surface area contributed by atoms with Crippen LogP contribution < -0.4 is 9.47 Å². The molecule has 0 radical (unpaired) electrons. The van der Waals surface area contributed by atoms with Crippen molar-refractivity contribution < 1.29 is 9.47 Å². The molecular formula is C8H10N2O2. The maximum Gasteiger partial charge on any atom is 0.260 e. The van der Waals surface area contributed by atoms with Crippen LogP contribution >= 0.6 is 0 Å². The van der Waals surface area contributed by atoms with Gasteiger partial charge in [0.15, 0.2) is 0 Å². The third-order valence-corrected chi connectivity index (χ3v) is 1.68. The summed E-state index contributed by atoms with van der Waals surface area (Å²) in [5.41, 5.74) is 0.845. The molecule has 1 aliphatic rings. The van der Waals surface area contributed by atoms with Gasteiger partial charge in [-0.2, -0.15) is 4.98 Å². The van der Waals surface area contributed by atoms with E-state index in [2.05, 4.69) is 9.97 Å². The predicted molar refractivity (Wildman–Crippen MR) is 42.5 cm³/mol. The van der Waals surface area contributed by atoms with Crippen molar-refractivity contribution in [3.05, 3.63) is 11.5 Å². The van der Waals surface area contributed by atoms with Gasteiger partial charge in [0, 0.05) is 0 Å². The Morgan fingerprint density at radius 2 is 1.83 bits per heavy atom. The summed E-state index contributed by atoms with van der Waals surface area (Å²) in [5.74, 6) is 1.98. The highest BCUT2D eigenvalue weighted by molar-refractivity contribution is 5.38. The molecule has 1 aromatic rings. The van der Waals surface area contributed by atoms with E-state index in [0.717, 1.165) is 11.5 Å². The van der Waals surface area contributed by atoms with Crippen LogP contribution in [0.4, 0.5) is 0 Å². The molecule has 2 rings (SSSR count). The van der Waals surface area contributed by atoms with E-state index in [1.165, 1.54) is 0 Å². The third kappa shape index (κ3) is 1.09. The fourth-order valence-corrected chi connectivity index (χ4v) is 1.22. The Morgan fingerprint density at radius 3 is 2.67 bits per heavy atom. The van der Waals surface area contributed by atoms with E-state index in [4.69, 9.17) is 9.47 Å². The minimum absolute atomic E-state index is 0.572. The zero-order valence-electron chi connectivity index (χ0n) is 7.13. The lowest BCUT2D eigenvalue weighted by Crippen LogP contribution is -2.18. The number of aromatic nitrogens is 2. The maximum atomic E-state index is 5.36. The highest BCUT2D eigenvalue weighted by atomic mass is 16.6. The Labute approximate surface area is 70.6 Å². The second kappa shape index (κ2) is 2.62. The lowest BCUT2D eigenvalue weighted by molar-refractivity contribution is 0.161. The van der Waals surface area contributed by atoms with E-state index < -0.39 is 0 Å². The first kappa shape index (κ1) is 7.34. The molecule has 0 N–H and O–H groups in total. The molecule has 4 nitrogen and oxygen atoms in total. The molecule has 4 heteroatoms. The van der Waals surface area contributed by atoms with Gasteiger partial charge < -0.3 is 9.47 Å². The minimum Gasteiger partial charge on any atom is -0.483 e. The minimum atomic E-state index is 0.572. The van der Waals surface area contributed by atoms with Crippen LogP contribution in [-0.2, 0) is 0 Å². The van der Waals surface area contributed by atoms with Crippen LogP contribution in [-0.4, -0.2) is 23.2 Å². The number of hydrogen-bond acceptors (Lipinski definition) is 4. The highest BCUT2D eigenvalue weighted by Crippen LogP contribution is 2.29. The summed E-state index contributed by atoms with van der Waals surface area (Å²) in [6.07, 6.45) is 0. The molecule has 0 fully saturated rings. The Hall–Kier alpha value is -1.32. The van der Waals surface area contributed by atoms with Gasteiger partial charge in [0.25, 0.3) is 5.88 Å². The van der Waals surface area contributed by atoms with Crippen LogP contribution in [0.5, 0.6) is 11.6 Å². The first-order valence-electron chi connectivity index (χ1n) is 3.88. The van der Waals surface area contributed by atoms with Crippen LogP contribution in [0, 0.1) is 13.8 Å². The van der Waals surface area contributed by atoms with E-state index in [0.29, 0.717) is 24.8 Å². The quantitative estimate of drug-likeness (QED) is 0.573. The van der Waals surface area contributed by atoms with Gasteiger partial charge in [0.1, 0.15) is 19.0 Å². The van der Waals surface area contributed by atoms with Crippen molar-refractivity contribution in [3.63, 3.8) is 0 Å². The number of rotatable bonds is 0. The number of aryl methyl sites for hydroxylation is 2. The molecule has 0 aromatic carbocycles. The number of fused-ring (bicyclic) bond motifs is 1. The normalized spacial score (nSPS) is 14.5. The summed E-state index contributed by atoms with van der Waals surface area (Å²) in [4.78, 5) is 8.29. The highest BCUT2D eigenvalue weighted by Gasteiger charge is 2.16. The monoisotopic (exact) mass is 166 g/mol. The lowest BCUT2D eigenvalue weighted by atomic mass is 10.3. The van der Waals surface area contributed by atoms with E-state index >= 15 is 0 Å². The van der Waals surface area contributed by atoms with Crippen LogP contribution in [0.3, 0.4) is 0 Å². The van der Waals surface area contributed by atoms with Crippen LogP contribution in [0.1, 0.15) is 11.5 Å². The van der Waals surface area contributed by atoms with Gasteiger partial charge in [0.05, 0.1) is 5.69 Å². The zero-order valence-corrected chi connectivity index (χ0v) is 7.13. The SMILES string of the molecule is Cc1nc(C)c2c(n1)OCCO2. The van der Waals surface area contributed by atoms with Crippen molar-refractivity contribution >= 4 is 0 Å². The van der Waals surface area contributed by atoms with Gasteiger partial charge in [0.2, 0.25) is 5.75 Å². The second-order valence-corrected chi connectivity index (χ2v) is 2.69. The van der Waals surface area contributed by atoms with E-state index in [-0.39, 0.29) is 0 Å². The Bertz CT molecular complexity index is 312.